The van der Waals surface area contributed by atoms with Gasteiger partial charge in [0.25, 0.3) is 0 Å². The van der Waals surface area contributed by atoms with Crippen LogP contribution in [-0.4, -0.2) is 47.6 Å². The summed E-state index contributed by atoms with van der Waals surface area (Å²) in [4.78, 5) is 21.4. The minimum atomic E-state index is -0.681. The van der Waals surface area contributed by atoms with Gasteiger partial charge in [-0.3, -0.25) is 4.79 Å². The third kappa shape index (κ3) is 4.36. The largest absolute Gasteiger partial charge is 0.339 e. The zero-order chi connectivity index (χ0) is 24.7. The van der Waals surface area contributed by atoms with Crippen molar-refractivity contribution in [2.24, 2.45) is 11.8 Å². The zero-order valence-electron chi connectivity index (χ0n) is 21.0. The number of amides is 1. The van der Waals surface area contributed by atoms with Gasteiger partial charge in [-0.05, 0) is 86.8 Å². The molecule has 6 heteroatoms. The summed E-state index contributed by atoms with van der Waals surface area (Å²) in [5, 5.41) is 4.12. The molecule has 2 aliphatic carbocycles. The van der Waals surface area contributed by atoms with E-state index in [4.69, 9.17) is 11.6 Å². The molecule has 1 aromatic carbocycles. The summed E-state index contributed by atoms with van der Waals surface area (Å²) in [5.41, 5.74) is 3.45. The van der Waals surface area contributed by atoms with Crippen LogP contribution in [0, 0.1) is 11.8 Å². The normalized spacial score (nSPS) is 34.5. The van der Waals surface area contributed by atoms with Crippen LogP contribution in [0.4, 0.5) is 4.39 Å². The number of benzene rings is 1. The molecular formula is C30H37ClFN3O. The highest BCUT2D eigenvalue weighted by molar-refractivity contribution is 6.29. The minimum absolute atomic E-state index is 0.0900. The van der Waals surface area contributed by atoms with Crippen molar-refractivity contribution in [1.29, 1.82) is 0 Å². The van der Waals surface area contributed by atoms with E-state index in [0.717, 1.165) is 63.7 Å². The fraction of sp³-hybridized carbons (Fsp3) is 0.600. The number of nitrogens with one attached hydrogen (secondary N) is 1. The Bertz CT molecular complexity index is 1090. The Hall–Kier alpha value is -1.98. The molecule has 0 bridgehead atoms. The molecule has 4 nitrogen and oxygen atoms in total. The highest BCUT2D eigenvalue weighted by Crippen LogP contribution is 2.47. The van der Waals surface area contributed by atoms with E-state index in [-0.39, 0.29) is 17.4 Å². The molecule has 1 amide bonds. The van der Waals surface area contributed by atoms with Gasteiger partial charge in [0.1, 0.15) is 11.3 Å². The predicted octanol–water partition coefficient (Wildman–Crippen LogP) is 5.83. The van der Waals surface area contributed by atoms with Gasteiger partial charge in [-0.2, -0.15) is 0 Å². The van der Waals surface area contributed by atoms with Crippen molar-refractivity contribution in [3.8, 4) is 0 Å². The molecule has 4 atom stereocenters. The van der Waals surface area contributed by atoms with Crippen molar-refractivity contribution in [3.05, 3.63) is 64.4 Å². The lowest BCUT2D eigenvalue weighted by molar-refractivity contribution is -0.143. The first-order valence-corrected chi connectivity index (χ1v) is 14.3. The molecule has 0 radical (unpaired) electrons. The number of carbonyl (C=O) groups excluding carboxylic acids is 1. The molecule has 2 aromatic rings. The van der Waals surface area contributed by atoms with Gasteiger partial charge >= 0.3 is 0 Å². The van der Waals surface area contributed by atoms with Crippen LogP contribution in [0.25, 0.3) is 0 Å². The number of pyridine rings is 1. The van der Waals surface area contributed by atoms with Crippen molar-refractivity contribution in [1.82, 2.24) is 15.2 Å². The molecule has 3 fully saturated rings. The van der Waals surface area contributed by atoms with Crippen LogP contribution < -0.4 is 5.32 Å². The SMILES string of the molecule is O=C(C1CNC[C@]12CCCc1nc(Cl)ccc12)N1CCC(c2ccccc2)C[C@H]1C1CCC(F)CC1. The van der Waals surface area contributed by atoms with Crippen LogP contribution in [0.1, 0.15) is 74.1 Å². The van der Waals surface area contributed by atoms with Crippen LogP contribution in [0.5, 0.6) is 0 Å². The van der Waals surface area contributed by atoms with Gasteiger partial charge in [-0.25, -0.2) is 9.37 Å². The summed E-state index contributed by atoms with van der Waals surface area (Å²) in [6, 6.07) is 15.0. The highest BCUT2D eigenvalue weighted by atomic mass is 35.5. The van der Waals surface area contributed by atoms with Gasteiger partial charge in [-0.15, -0.1) is 0 Å². The fourth-order valence-corrected chi connectivity index (χ4v) is 8.03. The Balaban J connectivity index is 1.30. The molecule has 36 heavy (non-hydrogen) atoms. The van der Waals surface area contributed by atoms with Crippen molar-refractivity contribution < 1.29 is 9.18 Å². The number of halogens is 2. The van der Waals surface area contributed by atoms with E-state index in [0.29, 0.717) is 42.3 Å². The summed E-state index contributed by atoms with van der Waals surface area (Å²) in [6.45, 7) is 2.32. The number of hydrogen-bond acceptors (Lipinski definition) is 3. The Labute approximate surface area is 219 Å². The number of piperidine rings is 1. The summed E-state index contributed by atoms with van der Waals surface area (Å²) in [7, 11) is 0. The second-order valence-electron chi connectivity index (χ2n) is 11.6. The van der Waals surface area contributed by atoms with Crippen LogP contribution in [-0.2, 0) is 16.6 Å². The molecule has 2 saturated heterocycles. The number of aryl methyl sites for hydroxylation is 1. The standard InChI is InChI=1S/C30H37ClFN3O/c31-28-13-12-24-26(34-28)7-4-15-30(24)19-33-18-25(30)29(36)35-16-14-22(20-5-2-1-3-6-20)17-27(35)21-8-10-23(32)11-9-21/h1-3,5-6,12-13,21-23,25,27,33H,4,7-11,14-19H2/t21?,22?,23?,25?,27-,30-/m0/s1. The molecule has 1 spiro atoms. The monoisotopic (exact) mass is 509 g/mol. The summed E-state index contributed by atoms with van der Waals surface area (Å²) in [6.07, 6.45) is 7.30. The number of likely N-dealkylation sites (tertiary alicyclic amines) is 1. The van der Waals surface area contributed by atoms with Crippen molar-refractivity contribution in [2.45, 2.75) is 81.3 Å². The lowest BCUT2D eigenvalue weighted by Crippen LogP contribution is -2.55. The van der Waals surface area contributed by atoms with Gasteiger partial charge in [-0.1, -0.05) is 48.0 Å². The number of alkyl halides is 1. The lowest BCUT2D eigenvalue weighted by atomic mass is 9.64. The van der Waals surface area contributed by atoms with Gasteiger partial charge in [0, 0.05) is 36.8 Å². The van der Waals surface area contributed by atoms with Gasteiger partial charge in [0.15, 0.2) is 0 Å². The molecule has 3 heterocycles. The molecule has 2 aliphatic heterocycles. The van der Waals surface area contributed by atoms with Crippen LogP contribution in [0.15, 0.2) is 42.5 Å². The Morgan fingerprint density at radius 2 is 1.89 bits per heavy atom. The number of hydrogen-bond donors (Lipinski definition) is 1. The topological polar surface area (TPSA) is 45.2 Å². The predicted molar refractivity (Wildman–Crippen MR) is 141 cm³/mol. The van der Waals surface area contributed by atoms with Gasteiger partial charge in [0.05, 0.1) is 5.92 Å². The summed E-state index contributed by atoms with van der Waals surface area (Å²) in [5.74, 6) is 1.05. The highest BCUT2D eigenvalue weighted by Gasteiger charge is 2.52. The van der Waals surface area contributed by atoms with Gasteiger partial charge < -0.3 is 10.2 Å². The summed E-state index contributed by atoms with van der Waals surface area (Å²) >= 11 is 6.24. The maximum Gasteiger partial charge on any atom is 0.228 e. The Kier molecular flexibility index (Phi) is 6.81. The van der Waals surface area contributed by atoms with Crippen LogP contribution in [0.3, 0.4) is 0 Å². The Morgan fingerprint density at radius 3 is 2.69 bits per heavy atom. The average molecular weight is 510 g/mol. The molecule has 1 aromatic heterocycles. The lowest BCUT2D eigenvalue weighted by Gasteiger charge is -2.48. The van der Waals surface area contributed by atoms with E-state index >= 15 is 0 Å². The average Bonchev–Trinajstić information content (AvgIpc) is 3.32. The molecule has 1 N–H and O–H groups in total. The first-order chi connectivity index (χ1) is 17.5. The van der Waals surface area contributed by atoms with E-state index < -0.39 is 6.17 Å². The van der Waals surface area contributed by atoms with Crippen molar-refractivity contribution >= 4 is 17.5 Å². The van der Waals surface area contributed by atoms with E-state index in [1.807, 2.05) is 6.07 Å². The van der Waals surface area contributed by atoms with Crippen LogP contribution >= 0.6 is 11.6 Å². The molecule has 192 valence electrons. The quantitative estimate of drug-likeness (QED) is 0.529. The maximum absolute atomic E-state index is 14.5. The molecule has 2 unspecified atom stereocenters. The zero-order valence-corrected chi connectivity index (χ0v) is 21.7. The minimum Gasteiger partial charge on any atom is -0.339 e. The third-order valence-corrected chi connectivity index (χ3v) is 9.92. The van der Waals surface area contributed by atoms with Crippen LogP contribution in [0.2, 0.25) is 5.15 Å². The number of carbonyl (C=O) groups is 1. The van der Waals surface area contributed by atoms with Gasteiger partial charge in [0.2, 0.25) is 5.91 Å². The molecule has 6 rings (SSSR count). The van der Waals surface area contributed by atoms with E-state index in [9.17, 15) is 9.18 Å². The number of rotatable bonds is 3. The first kappa shape index (κ1) is 24.4. The van der Waals surface area contributed by atoms with Crippen molar-refractivity contribution in [3.63, 3.8) is 0 Å². The summed E-state index contributed by atoms with van der Waals surface area (Å²) < 4.78 is 14.1. The van der Waals surface area contributed by atoms with E-state index in [1.54, 1.807) is 0 Å². The molecule has 1 saturated carbocycles. The van der Waals surface area contributed by atoms with Crippen molar-refractivity contribution in [2.75, 3.05) is 19.6 Å². The second-order valence-corrected chi connectivity index (χ2v) is 12.0. The van der Waals surface area contributed by atoms with E-state index in [1.165, 1.54) is 11.1 Å². The van der Waals surface area contributed by atoms with E-state index in [2.05, 4.69) is 51.6 Å². The number of fused-ring (bicyclic) bond motifs is 2. The maximum atomic E-state index is 14.5. The molecular weight excluding hydrogens is 473 g/mol. The first-order valence-electron chi connectivity index (χ1n) is 13.9. The smallest absolute Gasteiger partial charge is 0.228 e. The third-order valence-electron chi connectivity index (χ3n) is 9.71. The number of nitrogens with zero attached hydrogens (tertiary/aromatic N) is 2. The second kappa shape index (κ2) is 10.1. The number of aromatic nitrogens is 1. The fourth-order valence-electron chi connectivity index (χ4n) is 7.86. The molecule has 4 aliphatic rings. The Morgan fingerprint density at radius 1 is 1.08 bits per heavy atom.